The maximum absolute atomic E-state index is 11.5. The Bertz CT molecular complexity index is 1220. The molecule has 0 fully saturated rings. The number of nitrogens with zero attached hydrogens (tertiary/aromatic N) is 1. The number of amides is 2. The van der Waals surface area contributed by atoms with Gasteiger partial charge in [-0.1, -0.05) is 24.3 Å². The Morgan fingerprint density at radius 3 is 2.19 bits per heavy atom. The first-order valence-corrected chi connectivity index (χ1v) is 11.4. The van der Waals surface area contributed by atoms with E-state index in [1.807, 2.05) is 44.3 Å². The summed E-state index contributed by atoms with van der Waals surface area (Å²) in [6.07, 6.45) is -2.29. The lowest BCUT2D eigenvalue weighted by atomic mass is 9.96. The number of fused-ring (bicyclic) bond motifs is 3. The van der Waals surface area contributed by atoms with Crippen LogP contribution in [0, 0.1) is 0 Å². The molecular weight excluding hydrogens is 492 g/mol. The number of aromatic nitrogens is 1. The van der Waals surface area contributed by atoms with Crippen LogP contribution in [-0.4, -0.2) is 68.5 Å². The molecule has 192 valence electrons. The number of carboxylic acid groups (broad SMARTS) is 3. The Labute approximate surface area is 210 Å². The third-order valence-electron chi connectivity index (χ3n) is 4.79. The van der Waals surface area contributed by atoms with Crippen LogP contribution in [-0.2, 0) is 14.4 Å². The number of hydrogen-bond donors (Lipinski definition) is 7. The standard InChI is InChI=1S/C17H18N4OS.C6H8O7/c1-3-19-17(22)21-23-11-6-4-7-12-13-8-5-9-14(18-2)16(13)20-15(12)10-11;7-3(8)1-6(13,5(11)12)2-4(9)10/h4-10,18H,3H2,1-2H3,(H2,19,21,22);13H,1-2H2,(H,7,8)(H,9,10)(H,11,12). The summed E-state index contributed by atoms with van der Waals surface area (Å²) < 4.78 is 2.76. The van der Waals surface area contributed by atoms with Crippen LogP contribution in [0.3, 0.4) is 0 Å². The summed E-state index contributed by atoms with van der Waals surface area (Å²) in [4.78, 5) is 47.7. The highest BCUT2D eigenvalue weighted by atomic mass is 32.2. The number of anilines is 1. The second-order valence-corrected chi connectivity index (χ2v) is 8.36. The van der Waals surface area contributed by atoms with Gasteiger partial charge in [0.25, 0.3) is 0 Å². The van der Waals surface area contributed by atoms with Gasteiger partial charge < -0.3 is 31.1 Å². The number of aliphatic hydroxyl groups is 1. The molecule has 7 N–H and O–H groups in total. The number of carboxylic acids is 3. The van der Waals surface area contributed by atoms with E-state index in [4.69, 9.17) is 25.4 Å². The van der Waals surface area contributed by atoms with Gasteiger partial charge in [-0.05, 0) is 37.1 Å². The maximum atomic E-state index is 11.5. The van der Waals surface area contributed by atoms with E-state index < -0.39 is 36.4 Å². The van der Waals surface area contributed by atoms with E-state index in [1.54, 1.807) is 0 Å². The van der Waals surface area contributed by atoms with Crippen LogP contribution in [0.1, 0.15) is 19.8 Å². The van der Waals surface area contributed by atoms with E-state index in [2.05, 4.69) is 27.5 Å². The summed E-state index contributed by atoms with van der Waals surface area (Å²) in [6.45, 7) is 2.48. The molecule has 1 heterocycles. The lowest BCUT2D eigenvalue weighted by molar-refractivity contribution is -0.170. The first-order valence-electron chi connectivity index (χ1n) is 10.6. The summed E-state index contributed by atoms with van der Waals surface area (Å²) >= 11 is 1.28. The predicted molar refractivity (Wildman–Crippen MR) is 133 cm³/mol. The number of aliphatic carboxylic acids is 3. The molecule has 0 saturated carbocycles. The van der Waals surface area contributed by atoms with Crippen molar-refractivity contribution in [3.63, 3.8) is 0 Å². The molecule has 2 amide bonds. The number of carbonyl (C=O) groups excluding carboxylic acids is 1. The molecule has 0 aromatic heterocycles. The number of para-hydroxylation sites is 1. The monoisotopic (exact) mass is 518 g/mol. The van der Waals surface area contributed by atoms with Crippen LogP contribution in [0.15, 0.2) is 47.4 Å². The molecule has 12 nitrogen and oxygen atoms in total. The van der Waals surface area contributed by atoms with Crippen molar-refractivity contribution in [3.05, 3.63) is 42.5 Å². The molecule has 36 heavy (non-hydrogen) atoms. The zero-order valence-corrected chi connectivity index (χ0v) is 20.3. The van der Waals surface area contributed by atoms with Gasteiger partial charge >= 0.3 is 23.9 Å². The number of nitrogens with one attached hydrogen (secondary N) is 3. The van der Waals surface area contributed by atoms with Gasteiger partial charge in [0, 0.05) is 29.4 Å². The summed E-state index contributed by atoms with van der Waals surface area (Å²) in [7, 11) is 1.89. The Kier molecular flexibility index (Phi) is 9.82. The maximum Gasteiger partial charge on any atom is 0.336 e. The lowest BCUT2D eigenvalue weighted by Crippen LogP contribution is -2.42. The minimum Gasteiger partial charge on any atom is -0.481 e. The first-order chi connectivity index (χ1) is 17.0. The molecule has 0 atom stereocenters. The van der Waals surface area contributed by atoms with E-state index in [1.165, 1.54) is 11.9 Å². The topological polar surface area (TPSA) is 198 Å². The van der Waals surface area contributed by atoms with E-state index in [9.17, 15) is 19.2 Å². The highest BCUT2D eigenvalue weighted by Crippen LogP contribution is 2.35. The zero-order valence-electron chi connectivity index (χ0n) is 19.4. The van der Waals surface area contributed by atoms with Crippen molar-refractivity contribution in [2.24, 2.45) is 0 Å². The molecule has 2 aliphatic rings. The molecular formula is C23H26N4O8S. The van der Waals surface area contributed by atoms with E-state index in [-0.39, 0.29) is 6.03 Å². The van der Waals surface area contributed by atoms with Crippen LogP contribution in [0.25, 0.3) is 22.2 Å². The molecule has 13 heteroatoms. The van der Waals surface area contributed by atoms with E-state index >= 15 is 0 Å². The highest BCUT2D eigenvalue weighted by molar-refractivity contribution is 7.98. The average Bonchev–Trinajstić information content (AvgIpc) is 3.01. The largest absolute Gasteiger partial charge is 0.481 e. The average molecular weight is 519 g/mol. The Hall–Kier alpha value is -4.10. The fraction of sp³-hybridized carbons (Fsp3) is 0.261. The lowest BCUT2D eigenvalue weighted by Gasteiger charge is -2.18. The van der Waals surface area contributed by atoms with E-state index in [0.717, 1.165) is 32.7 Å². The Morgan fingerprint density at radius 1 is 1.00 bits per heavy atom. The number of hydrogen-bond acceptors (Lipinski definition) is 8. The molecule has 1 aliphatic heterocycles. The normalized spacial score (nSPS) is 10.8. The molecule has 1 aromatic carbocycles. The first kappa shape index (κ1) is 28.1. The minimum atomic E-state index is -2.74. The number of urea groups is 1. The minimum absolute atomic E-state index is 0.196. The van der Waals surface area contributed by atoms with E-state index in [0.29, 0.717) is 6.54 Å². The fourth-order valence-electron chi connectivity index (χ4n) is 3.19. The quantitative estimate of drug-likeness (QED) is 0.205. The Morgan fingerprint density at radius 2 is 1.64 bits per heavy atom. The van der Waals surface area contributed by atoms with Crippen molar-refractivity contribution in [3.8, 4) is 11.3 Å². The van der Waals surface area contributed by atoms with Crippen molar-refractivity contribution in [2.75, 3.05) is 18.9 Å². The second-order valence-electron chi connectivity index (χ2n) is 7.48. The number of rotatable bonds is 9. The van der Waals surface area contributed by atoms with Crippen molar-refractivity contribution in [1.29, 1.82) is 0 Å². The molecule has 0 saturated heterocycles. The van der Waals surface area contributed by atoms with Crippen LogP contribution >= 0.6 is 11.9 Å². The van der Waals surface area contributed by atoms with Crippen LogP contribution < -0.4 is 15.4 Å². The molecule has 3 rings (SSSR count). The van der Waals surface area contributed by atoms with Crippen LogP contribution in [0.4, 0.5) is 10.5 Å². The second kappa shape index (κ2) is 12.6. The van der Waals surface area contributed by atoms with Crippen molar-refractivity contribution in [1.82, 2.24) is 15.0 Å². The predicted octanol–water partition coefficient (Wildman–Crippen LogP) is 2.46. The summed E-state index contributed by atoms with van der Waals surface area (Å²) in [6, 6.07) is 13.9. The van der Waals surface area contributed by atoms with Gasteiger partial charge in [-0.2, -0.15) is 0 Å². The van der Waals surface area contributed by atoms with Crippen molar-refractivity contribution >= 4 is 52.5 Å². The smallest absolute Gasteiger partial charge is 0.336 e. The van der Waals surface area contributed by atoms with Gasteiger partial charge in [0.1, 0.15) is 0 Å². The Balaban J connectivity index is 0.000000302. The van der Waals surface area contributed by atoms with Gasteiger partial charge in [-0.15, -0.1) is 0 Å². The molecule has 1 aliphatic carbocycles. The van der Waals surface area contributed by atoms with Gasteiger partial charge in [0.2, 0.25) is 0 Å². The summed E-state index contributed by atoms with van der Waals surface area (Å²) in [5.41, 5.74) is 1.24. The fourth-order valence-corrected chi connectivity index (χ4v) is 3.79. The van der Waals surface area contributed by atoms with Gasteiger partial charge in [-0.25, -0.2) is 14.6 Å². The van der Waals surface area contributed by atoms with Crippen LogP contribution in [0.5, 0.6) is 0 Å². The van der Waals surface area contributed by atoms with Gasteiger partial charge in [-0.3, -0.25) is 14.3 Å². The molecule has 0 bridgehead atoms. The molecule has 0 radical (unpaired) electrons. The van der Waals surface area contributed by atoms with Crippen LogP contribution in [0.2, 0.25) is 0 Å². The number of benzene rings is 1. The summed E-state index contributed by atoms with van der Waals surface area (Å²) in [5.74, 6) is -5.02. The SMILES string of the molecule is CCNC(=O)NSc1cccc2c3cccc(NC)c3nc-2c1.O=C(O)CC(O)(CC(=O)O)C(=O)O. The summed E-state index contributed by atoms with van der Waals surface area (Å²) in [5, 5.41) is 40.8. The highest BCUT2D eigenvalue weighted by Gasteiger charge is 2.40. The molecule has 1 aromatic rings. The zero-order chi connectivity index (χ0) is 26.9. The molecule has 0 unspecified atom stereocenters. The molecule has 0 spiro atoms. The van der Waals surface area contributed by atoms with Crippen molar-refractivity contribution in [2.45, 2.75) is 30.3 Å². The van der Waals surface area contributed by atoms with Crippen molar-refractivity contribution < 1.29 is 39.6 Å². The third-order valence-corrected chi connectivity index (χ3v) is 5.57. The number of carbonyl (C=O) groups is 4. The van der Waals surface area contributed by atoms with Gasteiger partial charge in [0.05, 0.1) is 29.7 Å². The third kappa shape index (κ3) is 7.45. The van der Waals surface area contributed by atoms with Gasteiger partial charge in [0.15, 0.2) is 5.60 Å².